The number of aldehydes is 1. The molecule has 0 radical (unpaired) electrons. The summed E-state index contributed by atoms with van der Waals surface area (Å²) in [4.78, 5) is 20.8. The van der Waals surface area contributed by atoms with Gasteiger partial charge in [0.15, 0.2) is 0 Å². The van der Waals surface area contributed by atoms with Crippen LogP contribution < -0.4 is 5.32 Å². The van der Waals surface area contributed by atoms with Crippen LogP contribution in [-0.2, 0) is 9.53 Å². The van der Waals surface area contributed by atoms with Crippen molar-refractivity contribution in [2.45, 2.75) is 6.42 Å². The SMILES string of the molecule is C=CCNC(=O)OCCSCCC=O. The van der Waals surface area contributed by atoms with E-state index in [9.17, 15) is 9.59 Å². The smallest absolute Gasteiger partial charge is 0.407 e. The number of ether oxygens (including phenoxy) is 1. The average Bonchev–Trinajstić information content (AvgIpc) is 2.20. The molecule has 80 valence electrons. The van der Waals surface area contributed by atoms with E-state index in [0.717, 1.165) is 17.8 Å². The molecule has 0 aliphatic rings. The highest BCUT2D eigenvalue weighted by Gasteiger charge is 1.98. The number of nitrogens with one attached hydrogen (secondary N) is 1. The van der Waals surface area contributed by atoms with Crippen molar-refractivity contribution in [2.75, 3.05) is 24.7 Å². The van der Waals surface area contributed by atoms with Crippen molar-refractivity contribution in [3.8, 4) is 0 Å². The van der Waals surface area contributed by atoms with Crippen LogP contribution in [-0.4, -0.2) is 37.0 Å². The monoisotopic (exact) mass is 217 g/mol. The summed E-state index contributed by atoms with van der Waals surface area (Å²) in [5.41, 5.74) is 0. The Morgan fingerprint density at radius 2 is 2.29 bits per heavy atom. The quantitative estimate of drug-likeness (QED) is 0.377. The maximum absolute atomic E-state index is 10.8. The predicted octanol–water partition coefficient (Wildman–Crippen LogP) is 1.22. The highest BCUT2D eigenvalue weighted by molar-refractivity contribution is 7.99. The van der Waals surface area contributed by atoms with Crippen molar-refractivity contribution in [3.63, 3.8) is 0 Å². The van der Waals surface area contributed by atoms with Gasteiger partial charge in [-0.15, -0.1) is 6.58 Å². The van der Waals surface area contributed by atoms with Crippen molar-refractivity contribution in [1.29, 1.82) is 0 Å². The first-order valence-electron chi connectivity index (χ1n) is 4.34. The minimum atomic E-state index is -0.430. The number of amides is 1. The van der Waals surface area contributed by atoms with E-state index >= 15 is 0 Å². The highest BCUT2D eigenvalue weighted by Crippen LogP contribution is 2.00. The summed E-state index contributed by atoms with van der Waals surface area (Å²) in [5, 5.41) is 2.49. The molecule has 1 N–H and O–H groups in total. The second-order valence-electron chi connectivity index (χ2n) is 2.37. The Balaban J connectivity index is 3.14. The molecule has 0 aromatic rings. The van der Waals surface area contributed by atoms with Gasteiger partial charge in [0.25, 0.3) is 0 Å². The van der Waals surface area contributed by atoms with Crippen LogP contribution in [0.1, 0.15) is 6.42 Å². The Kier molecular flexibility index (Phi) is 9.41. The van der Waals surface area contributed by atoms with Gasteiger partial charge in [-0.1, -0.05) is 6.08 Å². The maximum Gasteiger partial charge on any atom is 0.407 e. The van der Waals surface area contributed by atoms with Crippen LogP contribution in [0.2, 0.25) is 0 Å². The van der Waals surface area contributed by atoms with Crippen LogP contribution >= 0.6 is 11.8 Å². The zero-order valence-corrected chi connectivity index (χ0v) is 8.85. The normalized spacial score (nSPS) is 9.14. The van der Waals surface area contributed by atoms with E-state index in [2.05, 4.69) is 11.9 Å². The number of carbonyl (C=O) groups excluding carboxylic acids is 2. The largest absolute Gasteiger partial charge is 0.449 e. The molecule has 4 nitrogen and oxygen atoms in total. The molecule has 0 fully saturated rings. The van der Waals surface area contributed by atoms with Gasteiger partial charge in [-0.2, -0.15) is 11.8 Å². The summed E-state index contributed by atoms with van der Waals surface area (Å²) in [6.07, 6.45) is 2.58. The number of rotatable bonds is 8. The molecular weight excluding hydrogens is 202 g/mol. The maximum atomic E-state index is 10.8. The molecule has 0 aromatic carbocycles. The number of alkyl carbamates (subject to hydrolysis) is 1. The van der Waals surface area contributed by atoms with Gasteiger partial charge in [0.2, 0.25) is 0 Å². The Hall–Kier alpha value is -0.970. The third-order valence-electron chi connectivity index (χ3n) is 1.23. The molecule has 0 rings (SSSR count). The first-order chi connectivity index (χ1) is 6.81. The molecule has 0 bridgehead atoms. The minimum Gasteiger partial charge on any atom is -0.449 e. The topological polar surface area (TPSA) is 55.4 Å². The van der Waals surface area contributed by atoms with E-state index < -0.39 is 6.09 Å². The molecule has 14 heavy (non-hydrogen) atoms. The fourth-order valence-corrected chi connectivity index (χ4v) is 1.30. The molecule has 0 aliphatic carbocycles. The third-order valence-corrected chi connectivity index (χ3v) is 2.21. The zero-order valence-electron chi connectivity index (χ0n) is 8.03. The van der Waals surface area contributed by atoms with Crippen LogP contribution in [0.15, 0.2) is 12.7 Å². The highest BCUT2D eigenvalue weighted by atomic mass is 32.2. The van der Waals surface area contributed by atoms with Gasteiger partial charge in [-0.05, 0) is 0 Å². The Bertz CT molecular complexity index is 185. The molecule has 5 heteroatoms. The summed E-state index contributed by atoms with van der Waals surface area (Å²) in [7, 11) is 0. The molecule has 0 saturated carbocycles. The van der Waals surface area contributed by atoms with Crippen molar-refractivity contribution in [2.24, 2.45) is 0 Å². The molecular formula is C9H15NO3S. The summed E-state index contributed by atoms with van der Waals surface area (Å²) < 4.78 is 4.82. The average molecular weight is 217 g/mol. The van der Waals surface area contributed by atoms with E-state index in [0.29, 0.717) is 19.6 Å². The van der Waals surface area contributed by atoms with Gasteiger partial charge in [0.05, 0.1) is 0 Å². The van der Waals surface area contributed by atoms with Crippen LogP contribution in [0.25, 0.3) is 0 Å². The second kappa shape index (κ2) is 10.1. The number of hydrogen-bond donors (Lipinski definition) is 1. The van der Waals surface area contributed by atoms with Crippen molar-refractivity contribution < 1.29 is 14.3 Å². The van der Waals surface area contributed by atoms with Crippen LogP contribution in [0.5, 0.6) is 0 Å². The molecule has 0 saturated heterocycles. The van der Waals surface area contributed by atoms with E-state index in [4.69, 9.17) is 4.74 Å². The lowest BCUT2D eigenvalue weighted by Crippen LogP contribution is -2.24. The minimum absolute atomic E-state index is 0.368. The van der Waals surface area contributed by atoms with Crippen molar-refractivity contribution in [3.05, 3.63) is 12.7 Å². The lowest BCUT2D eigenvalue weighted by molar-refractivity contribution is -0.107. The summed E-state index contributed by atoms with van der Waals surface area (Å²) in [6.45, 7) is 4.24. The van der Waals surface area contributed by atoms with Gasteiger partial charge in [0.1, 0.15) is 12.9 Å². The van der Waals surface area contributed by atoms with Crippen molar-refractivity contribution >= 4 is 24.1 Å². The van der Waals surface area contributed by atoms with Crippen LogP contribution in [0.4, 0.5) is 4.79 Å². The molecule has 1 amide bonds. The van der Waals surface area contributed by atoms with Crippen molar-refractivity contribution in [1.82, 2.24) is 5.32 Å². The first kappa shape index (κ1) is 13.0. The zero-order chi connectivity index (χ0) is 10.6. The second-order valence-corrected chi connectivity index (χ2v) is 3.60. The number of hydrogen-bond acceptors (Lipinski definition) is 4. The number of carbonyl (C=O) groups is 2. The predicted molar refractivity (Wildman–Crippen MR) is 57.6 cm³/mol. The van der Waals surface area contributed by atoms with Crippen LogP contribution in [0, 0.1) is 0 Å². The molecule has 0 spiro atoms. The van der Waals surface area contributed by atoms with Gasteiger partial charge in [-0.25, -0.2) is 4.79 Å². The van der Waals surface area contributed by atoms with E-state index in [1.807, 2.05) is 0 Å². The lowest BCUT2D eigenvalue weighted by atomic mass is 10.6. The Morgan fingerprint density at radius 3 is 2.93 bits per heavy atom. The van der Waals surface area contributed by atoms with Crippen LogP contribution in [0.3, 0.4) is 0 Å². The third kappa shape index (κ3) is 9.12. The first-order valence-corrected chi connectivity index (χ1v) is 5.49. The number of thioether (sulfide) groups is 1. The summed E-state index contributed by atoms with van der Waals surface area (Å²) in [5.74, 6) is 1.50. The standard InChI is InChI=1S/C9H15NO3S/c1-2-4-10-9(12)13-6-8-14-7-3-5-11/h2,5H,1,3-4,6-8H2,(H,10,12). The molecule has 0 aromatic heterocycles. The van der Waals surface area contributed by atoms with E-state index in [1.165, 1.54) is 0 Å². The molecule has 0 unspecified atom stereocenters. The van der Waals surface area contributed by atoms with Gasteiger partial charge in [-0.3, -0.25) is 0 Å². The van der Waals surface area contributed by atoms with Gasteiger partial charge < -0.3 is 14.8 Å². The fourth-order valence-electron chi connectivity index (χ4n) is 0.633. The summed E-state index contributed by atoms with van der Waals surface area (Å²) in [6, 6.07) is 0. The van der Waals surface area contributed by atoms with Gasteiger partial charge >= 0.3 is 6.09 Å². The summed E-state index contributed by atoms with van der Waals surface area (Å²) >= 11 is 1.59. The van der Waals surface area contributed by atoms with E-state index in [1.54, 1.807) is 17.8 Å². The van der Waals surface area contributed by atoms with E-state index in [-0.39, 0.29) is 0 Å². The Morgan fingerprint density at radius 1 is 1.50 bits per heavy atom. The fraction of sp³-hybridized carbons (Fsp3) is 0.556. The molecule has 0 aliphatic heterocycles. The Labute approximate surface area is 88.1 Å². The molecule has 0 heterocycles. The lowest BCUT2D eigenvalue weighted by Gasteiger charge is -2.04. The molecule has 0 atom stereocenters. The van der Waals surface area contributed by atoms with Gasteiger partial charge in [0, 0.05) is 24.5 Å².